The van der Waals surface area contributed by atoms with Gasteiger partial charge in [-0.2, -0.15) is 0 Å². The smallest absolute Gasteiger partial charge is 0.322 e. The molecular formula is C14H14N4O2P2S2. The fraction of sp³-hybridized carbons (Fsp3) is 0. The van der Waals surface area contributed by atoms with E-state index >= 15 is 0 Å². The van der Waals surface area contributed by atoms with E-state index in [0.717, 1.165) is 15.5 Å². The third-order valence-corrected chi connectivity index (χ3v) is 5.68. The van der Waals surface area contributed by atoms with E-state index < -0.39 is 0 Å². The first-order chi connectivity index (χ1) is 11.6. The molecule has 1 atom stereocenters. The fourth-order valence-electron chi connectivity index (χ4n) is 1.60. The van der Waals surface area contributed by atoms with Crippen LogP contribution in [-0.2, 0) is 0 Å². The lowest BCUT2D eigenvalue weighted by molar-refractivity contribution is 0.257. The number of carbonyl (C=O) groups excluding carboxylic acids is 2. The molecular weight excluding hydrogens is 382 g/mol. The molecule has 4 N–H and O–H groups in total. The molecule has 0 aromatic heterocycles. The number of hydrogen-bond donors (Lipinski definition) is 4. The maximum atomic E-state index is 11.2. The molecule has 3 amide bonds. The quantitative estimate of drug-likeness (QED) is 0.376. The highest BCUT2D eigenvalue weighted by atomic mass is 33.1. The minimum Gasteiger partial charge on any atom is -0.323 e. The molecule has 0 fully saturated rings. The molecule has 0 bridgehead atoms. The van der Waals surface area contributed by atoms with Crippen LogP contribution in [0, 0.1) is 5.16 Å². The first kappa shape index (κ1) is 18.7. The van der Waals surface area contributed by atoms with Crippen molar-refractivity contribution in [2.75, 3.05) is 10.6 Å². The molecule has 24 heavy (non-hydrogen) atoms. The van der Waals surface area contributed by atoms with Crippen molar-refractivity contribution in [3.63, 3.8) is 0 Å². The van der Waals surface area contributed by atoms with Gasteiger partial charge in [-0.1, -0.05) is 21.6 Å². The van der Waals surface area contributed by atoms with Crippen molar-refractivity contribution in [1.82, 2.24) is 5.09 Å². The van der Waals surface area contributed by atoms with Crippen LogP contribution in [0.25, 0.3) is 0 Å². The predicted molar refractivity (Wildman–Crippen MR) is 105 cm³/mol. The number of hydrogen-bond acceptors (Lipinski definition) is 5. The molecule has 0 saturated heterocycles. The van der Waals surface area contributed by atoms with E-state index in [1.54, 1.807) is 33.7 Å². The molecule has 2 rings (SSSR count). The molecule has 6 nitrogen and oxygen atoms in total. The second kappa shape index (κ2) is 9.64. The van der Waals surface area contributed by atoms with E-state index in [0.29, 0.717) is 5.69 Å². The van der Waals surface area contributed by atoms with E-state index in [9.17, 15) is 9.59 Å². The van der Waals surface area contributed by atoms with Gasteiger partial charge in [-0.05, 0) is 57.9 Å². The van der Waals surface area contributed by atoms with Crippen LogP contribution in [0.15, 0.2) is 58.3 Å². The molecule has 0 aliphatic rings. The summed E-state index contributed by atoms with van der Waals surface area (Å²) in [6.45, 7) is 0. The number of rotatable bonds is 6. The zero-order chi connectivity index (χ0) is 17.4. The summed E-state index contributed by atoms with van der Waals surface area (Å²) < 4.78 is 0. The maximum absolute atomic E-state index is 11.2. The Morgan fingerprint density at radius 3 is 1.75 bits per heavy atom. The second-order valence-corrected chi connectivity index (χ2v) is 7.55. The summed E-state index contributed by atoms with van der Waals surface area (Å²) in [5.41, 5.74) is 1.05. The Hall–Kier alpha value is -1.59. The number of benzene rings is 2. The Bertz CT molecular complexity index is 727. The standard InChI is InChI=1S/C14H14N4O2P2S2/c15-22-14(20)17-10-3-7-12(8-4-10)24-23-11-5-1-9(2-6-11)16-13(19)18-21/h1-8,15H,21H2,(H,17,20)(H2,16,18,19). The maximum Gasteiger partial charge on any atom is 0.322 e. The highest BCUT2D eigenvalue weighted by Crippen LogP contribution is 2.38. The Morgan fingerprint density at radius 2 is 1.33 bits per heavy atom. The summed E-state index contributed by atoms with van der Waals surface area (Å²) in [7, 11) is 5.28. The van der Waals surface area contributed by atoms with Crippen LogP contribution in [0.4, 0.5) is 21.0 Å². The van der Waals surface area contributed by atoms with Gasteiger partial charge in [0, 0.05) is 21.2 Å². The zero-order valence-electron chi connectivity index (χ0n) is 12.3. The fourth-order valence-corrected chi connectivity index (χ4v) is 3.79. The van der Waals surface area contributed by atoms with Crippen molar-refractivity contribution >= 4 is 62.4 Å². The lowest BCUT2D eigenvalue weighted by atomic mass is 10.3. The highest BCUT2D eigenvalue weighted by molar-refractivity contribution is 8.76. The van der Waals surface area contributed by atoms with E-state index in [1.165, 1.54) is 0 Å². The van der Waals surface area contributed by atoms with Crippen LogP contribution >= 0.6 is 39.4 Å². The van der Waals surface area contributed by atoms with Crippen molar-refractivity contribution in [2.24, 2.45) is 0 Å². The van der Waals surface area contributed by atoms with Crippen molar-refractivity contribution in [1.29, 1.82) is 5.16 Å². The van der Waals surface area contributed by atoms with Gasteiger partial charge in [-0.3, -0.25) is 9.96 Å². The SMILES string of the molecule is N=PC(=O)Nc1ccc(SSc2ccc(NC(=O)NP)cc2)cc1. The van der Waals surface area contributed by atoms with Gasteiger partial charge in [-0.25, -0.2) is 4.79 Å². The van der Waals surface area contributed by atoms with Crippen LogP contribution in [0.3, 0.4) is 0 Å². The van der Waals surface area contributed by atoms with Crippen LogP contribution in [0.1, 0.15) is 0 Å². The van der Waals surface area contributed by atoms with Crippen LogP contribution in [0.5, 0.6) is 0 Å². The average Bonchev–Trinajstić information content (AvgIpc) is 2.62. The summed E-state index contributed by atoms with van der Waals surface area (Å²) in [6.07, 6.45) is 0. The van der Waals surface area contributed by atoms with Crippen molar-refractivity contribution in [3.05, 3.63) is 48.5 Å². The lowest BCUT2D eigenvalue weighted by Crippen LogP contribution is -2.19. The first-order valence-corrected chi connectivity index (χ1v) is 10.2. The monoisotopic (exact) mass is 396 g/mol. The van der Waals surface area contributed by atoms with Crippen molar-refractivity contribution in [3.8, 4) is 0 Å². The predicted octanol–water partition coefficient (Wildman–Crippen LogP) is 5.64. The van der Waals surface area contributed by atoms with E-state index in [-0.39, 0.29) is 20.1 Å². The summed E-state index contributed by atoms with van der Waals surface area (Å²) in [6, 6.07) is 14.7. The second-order valence-electron chi connectivity index (χ2n) is 4.36. The Morgan fingerprint density at radius 1 is 0.875 bits per heavy atom. The summed E-state index contributed by atoms with van der Waals surface area (Å²) in [4.78, 5) is 24.4. The number of anilines is 2. The Kier molecular flexibility index (Phi) is 7.53. The van der Waals surface area contributed by atoms with E-state index in [4.69, 9.17) is 5.16 Å². The van der Waals surface area contributed by atoms with E-state index in [2.05, 4.69) is 25.1 Å². The Balaban J connectivity index is 1.87. The molecule has 0 heterocycles. The highest BCUT2D eigenvalue weighted by Gasteiger charge is 2.02. The van der Waals surface area contributed by atoms with E-state index in [1.807, 2.05) is 36.4 Å². The third kappa shape index (κ3) is 6.13. The first-order valence-electron chi connectivity index (χ1n) is 6.61. The van der Waals surface area contributed by atoms with Gasteiger partial charge in [0.1, 0.15) is 8.37 Å². The number of nitrogens with one attached hydrogen (secondary N) is 4. The van der Waals surface area contributed by atoms with Crippen LogP contribution in [0.2, 0.25) is 0 Å². The number of carbonyl (C=O) groups is 2. The molecule has 0 radical (unpaired) electrons. The normalized spacial score (nSPS) is 10.2. The van der Waals surface area contributed by atoms with Gasteiger partial charge >= 0.3 is 6.03 Å². The zero-order valence-corrected chi connectivity index (χ0v) is 16.0. The van der Waals surface area contributed by atoms with Gasteiger partial charge in [0.05, 0.1) is 0 Å². The van der Waals surface area contributed by atoms with Crippen LogP contribution < -0.4 is 15.7 Å². The summed E-state index contributed by atoms with van der Waals surface area (Å²) in [5.74, 6) is 0. The van der Waals surface area contributed by atoms with Gasteiger partial charge < -0.3 is 15.7 Å². The minimum absolute atomic E-state index is 0.0556. The molecule has 2 aromatic rings. The molecule has 124 valence electrons. The lowest BCUT2D eigenvalue weighted by Gasteiger charge is -2.06. The summed E-state index contributed by atoms with van der Waals surface area (Å²) in [5, 5.41) is 14.7. The molecule has 10 heteroatoms. The molecule has 0 saturated carbocycles. The molecule has 1 unspecified atom stereocenters. The molecule has 2 aromatic carbocycles. The number of urea groups is 1. The van der Waals surface area contributed by atoms with Crippen molar-refractivity contribution in [2.45, 2.75) is 9.79 Å². The molecule has 0 spiro atoms. The topological polar surface area (TPSA) is 94.1 Å². The minimum atomic E-state index is -0.353. The van der Waals surface area contributed by atoms with Crippen molar-refractivity contribution < 1.29 is 9.59 Å². The van der Waals surface area contributed by atoms with Gasteiger partial charge in [0.25, 0.3) is 5.65 Å². The third-order valence-electron chi connectivity index (χ3n) is 2.68. The summed E-state index contributed by atoms with van der Waals surface area (Å²) >= 11 is 0. The van der Waals surface area contributed by atoms with Gasteiger partial charge in [0.15, 0.2) is 0 Å². The molecule has 0 aliphatic heterocycles. The van der Waals surface area contributed by atoms with Gasteiger partial charge in [-0.15, -0.1) is 0 Å². The largest absolute Gasteiger partial charge is 0.323 e. The number of amides is 3. The molecule has 0 aliphatic carbocycles. The van der Waals surface area contributed by atoms with Gasteiger partial charge in [0.2, 0.25) is 0 Å². The Labute approximate surface area is 151 Å². The average molecular weight is 396 g/mol. The van der Waals surface area contributed by atoms with Crippen LogP contribution in [-0.4, -0.2) is 11.7 Å².